The Bertz CT molecular complexity index is 761. The first-order valence-corrected chi connectivity index (χ1v) is 8.97. The summed E-state index contributed by atoms with van der Waals surface area (Å²) in [5.74, 6) is 2.62. The lowest BCUT2D eigenvalue weighted by Crippen LogP contribution is -2.49. The first-order valence-electron chi connectivity index (χ1n) is 8.97. The highest BCUT2D eigenvalue weighted by molar-refractivity contribution is 5.76. The molecule has 7 nitrogen and oxygen atoms in total. The van der Waals surface area contributed by atoms with Gasteiger partial charge >= 0.3 is 0 Å². The molecule has 1 saturated heterocycles. The number of amides is 1. The molecule has 0 spiro atoms. The molecule has 136 valence electrons. The molecule has 0 unspecified atom stereocenters. The second kappa shape index (κ2) is 7.59. The van der Waals surface area contributed by atoms with Crippen molar-refractivity contribution in [1.29, 1.82) is 0 Å². The summed E-state index contributed by atoms with van der Waals surface area (Å²) in [4.78, 5) is 25.1. The molecule has 1 amide bonds. The van der Waals surface area contributed by atoms with Gasteiger partial charge in [-0.2, -0.15) is 0 Å². The summed E-state index contributed by atoms with van der Waals surface area (Å²) in [6.45, 7) is 4.17. The molecule has 1 aromatic heterocycles. The molecule has 3 heterocycles. The quantitative estimate of drug-likeness (QED) is 0.829. The predicted octanol–water partition coefficient (Wildman–Crippen LogP) is 1.53. The molecular weight excluding hydrogens is 332 g/mol. The molecule has 0 aliphatic carbocycles. The number of nitrogens with zero attached hydrogens (tertiary/aromatic N) is 4. The van der Waals surface area contributed by atoms with Gasteiger partial charge in [0.25, 0.3) is 0 Å². The first-order chi connectivity index (χ1) is 12.8. The van der Waals surface area contributed by atoms with E-state index in [-0.39, 0.29) is 5.91 Å². The number of ether oxygens (including phenoxy) is 2. The molecule has 2 aliphatic rings. The Morgan fingerprint density at radius 3 is 2.62 bits per heavy atom. The summed E-state index contributed by atoms with van der Waals surface area (Å²) in [6.07, 6.45) is 6.34. The van der Waals surface area contributed by atoms with Gasteiger partial charge in [0.05, 0.1) is 6.20 Å². The van der Waals surface area contributed by atoms with Gasteiger partial charge in [0.2, 0.25) is 5.91 Å². The minimum absolute atomic E-state index is 0.193. The zero-order chi connectivity index (χ0) is 17.8. The molecule has 7 heteroatoms. The number of aryl methyl sites for hydroxylation is 1. The van der Waals surface area contributed by atoms with Crippen LogP contribution in [0.3, 0.4) is 0 Å². The Morgan fingerprint density at radius 1 is 1.04 bits per heavy atom. The fourth-order valence-corrected chi connectivity index (χ4v) is 3.29. The van der Waals surface area contributed by atoms with Crippen LogP contribution in [-0.4, -0.2) is 60.2 Å². The van der Waals surface area contributed by atoms with Crippen LogP contribution < -0.4 is 14.4 Å². The Kier molecular flexibility index (Phi) is 4.86. The number of carbonyl (C=O) groups excluding carboxylic acids is 1. The van der Waals surface area contributed by atoms with E-state index >= 15 is 0 Å². The fraction of sp³-hybridized carbons (Fsp3) is 0.421. The van der Waals surface area contributed by atoms with E-state index in [9.17, 15) is 4.79 Å². The lowest BCUT2D eigenvalue weighted by Gasteiger charge is -2.35. The van der Waals surface area contributed by atoms with Gasteiger partial charge in [0, 0.05) is 45.0 Å². The van der Waals surface area contributed by atoms with Crippen LogP contribution in [0.1, 0.15) is 12.0 Å². The molecular formula is C19H22N4O3. The maximum absolute atomic E-state index is 12.5. The second-order valence-corrected chi connectivity index (χ2v) is 6.41. The number of hydrogen-bond donors (Lipinski definition) is 0. The molecule has 0 bridgehead atoms. The summed E-state index contributed by atoms with van der Waals surface area (Å²) in [6, 6.07) is 5.91. The summed E-state index contributed by atoms with van der Waals surface area (Å²) < 4.78 is 11.1. The molecule has 0 saturated carbocycles. The number of aromatic nitrogens is 2. The number of rotatable bonds is 4. The van der Waals surface area contributed by atoms with Gasteiger partial charge in [0.15, 0.2) is 11.5 Å². The van der Waals surface area contributed by atoms with E-state index in [1.807, 2.05) is 23.1 Å². The van der Waals surface area contributed by atoms with Crippen LogP contribution >= 0.6 is 0 Å². The van der Waals surface area contributed by atoms with Crippen molar-refractivity contribution < 1.29 is 14.3 Å². The van der Waals surface area contributed by atoms with E-state index in [1.54, 1.807) is 18.6 Å². The smallest absolute Gasteiger partial charge is 0.223 e. The Balaban J connectivity index is 1.28. The van der Waals surface area contributed by atoms with Gasteiger partial charge in [-0.15, -0.1) is 0 Å². The van der Waals surface area contributed by atoms with Gasteiger partial charge in [-0.3, -0.25) is 9.78 Å². The summed E-state index contributed by atoms with van der Waals surface area (Å²) >= 11 is 0. The molecule has 1 aromatic carbocycles. The Morgan fingerprint density at radius 2 is 1.85 bits per heavy atom. The highest BCUT2D eigenvalue weighted by Crippen LogP contribution is 2.31. The minimum Gasteiger partial charge on any atom is -0.486 e. The van der Waals surface area contributed by atoms with Crippen molar-refractivity contribution in [2.45, 2.75) is 12.8 Å². The standard InChI is InChI=1S/C19H22N4O3/c24-19(4-2-15-1-3-16-17(13-15)26-12-11-25-16)23-9-7-22(8-10-23)18-14-20-5-6-21-18/h1,3,5-6,13-14H,2,4,7-12H2. The van der Waals surface area contributed by atoms with E-state index in [0.717, 1.165) is 49.1 Å². The highest BCUT2D eigenvalue weighted by Gasteiger charge is 2.22. The summed E-state index contributed by atoms with van der Waals surface area (Å²) in [5, 5.41) is 0. The van der Waals surface area contributed by atoms with Crippen molar-refractivity contribution in [2.75, 3.05) is 44.3 Å². The van der Waals surface area contributed by atoms with E-state index < -0.39 is 0 Å². The van der Waals surface area contributed by atoms with E-state index in [0.29, 0.717) is 26.1 Å². The minimum atomic E-state index is 0.193. The largest absolute Gasteiger partial charge is 0.486 e. The summed E-state index contributed by atoms with van der Waals surface area (Å²) in [7, 11) is 0. The van der Waals surface area contributed by atoms with Crippen molar-refractivity contribution in [1.82, 2.24) is 14.9 Å². The van der Waals surface area contributed by atoms with Crippen molar-refractivity contribution in [3.8, 4) is 11.5 Å². The normalized spacial score (nSPS) is 16.5. The van der Waals surface area contributed by atoms with Gasteiger partial charge in [-0.1, -0.05) is 6.07 Å². The average Bonchev–Trinajstić information content (AvgIpc) is 2.72. The number of hydrogen-bond acceptors (Lipinski definition) is 6. The van der Waals surface area contributed by atoms with Gasteiger partial charge in [0.1, 0.15) is 19.0 Å². The van der Waals surface area contributed by atoms with Crippen molar-refractivity contribution in [2.24, 2.45) is 0 Å². The fourth-order valence-electron chi connectivity index (χ4n) is 3.29. The monoisotopic (exact) mass is 354 g/mol. The predicted molar refractivity (Wildman–Crippen MR) is 96.6 cm³/mol. The average molecular weight is 354 g/mol. The molecule has 26 heavy (non-hydrogen) atoms. The molecule has 1 fully saturated rings. The lowest BCUT2D eigenvalue weighted by atomic mass is 10.1. The maximum Gasteiger partial charge on any atom is 0.223 e. The van der Waals surface area contributed by atoms with Gasteiger partial charge < -0.3 is 19.3 Å². The molecule has 4 rings (SSSR count). The third-order valence-electron chi connectivity index (χ3n) is 4.74. The second-order valence-electron chi connectivity index (χ2n) is 6.41. The van der Waals surface area contributed by atoms with Crippen molar-refractivity contribution >= 4 is 11.7 Å². The van der Waals surface area contributed by atoms with Crippen molar-refractivity contribution in [3.05, 3.63) is 42.4 Å². The Hall–Kier alpha value is -2.83. The van der Waals surface area contributed by atoms with Crippen LogP contribution in [0.15, 0.2) is 36.8 Å². The first kappa shape index (κ1) is 16.6. The van der Waals surface area contributed by atoms with Crippen LogP contribution in [0.5, 0.6) is 11.5 Å². The molecule has 0 radical (unpaired) electrons. The van der Waals surface area contributed by atoms with E-state index in [2.05, 4.69) is 14.9 Å². The third kappa shape index (κ3) is 3.71. The molecule has 0 atom stereocenters. The summed E-state index contributed by atoms with van der Waals surface area (Å²) in [5.41, 5.74) is 1.10. The SMILES string of the molecule is O=C(CCc1ccc2c(c1)OCCO2)N1CCN(c2cnccn2)CC1. The van der Waals surface area contributed by atoms with Crippen LogP contribution in [0.4, 0.5) is 5.82 Å². The van der Waals surface area contributed by atoms with Gasteiger partial charge in [-0.25, -0.2) is 4.98 Å². The van der Waals surface area contributed by atoms with Crippen LogP contribution in [-0.2, 0) is 11.2 Å². The zero-order valence-corrected chi connectivity index (χ0v) is 14.6. The molecule has 0 N–H and O–H groups in total. The number of fused-ring (bicyclic) bond motifs is 1. The van der Waals surface area contributed by atoms with Crippen LogP contribution in [0, 0.1) is 0 Å². The van der Waals surface area contributed by atoms with Crippen molar-refractivity contribution in [3.63, 3.8) is 0 Å². The van der Waals surface area contributed by atoms with E-state index in [4.69, 9.17) is 9.47 Å². The Labute approximate surface area is 152 Å². The number of carbonyl (C=O) groups is 1. The van der Waals surface area contributed by atoms with E-state index in [1.165, 1.54) is 0 Å². The molecule has 2 aliphatic heterocycles. The lowest BCUT2D eigenvalue weighted by molar-refractivity contribution is -0.131. The number of piperazine rings is 1. The topological polar surface area (TPSA) is 67.8 Å². The molecule has 2 aromatic rings. The van der Waals surface area contributed by atoms with Crippen LogP contribution in [0.25, 0.3) is 0 Å². The highest BCUT2D eigenvalue weighted by atomic mass is 16.6. The number of anilines is 1. The van der Waals surface area contributed by atoms with Crippen LogP contribution in [0.2, 0.25) is 0 Å². The zero-order valence-electron chi connectivity index (χ0n) is 14.6. The number of benzene rings is 1. The van der Waals surface area contributed by atoms with Gasteiger partial charge in [-0.05, 0) is 24.1 Å². The third-order valence-corrected chi connectivity index (χ3v) is 4.74. The maximum atomic E-state index is 12.5.